The summed E-state index contributed by atoms with van der Waals surface area (Å²) in [6.45, 7) is 0.945. The minimum Gasteiger partial charge on any atom is -0.496 e. The van der Waals surface area contributed by atoms with Gasteiger partial charge in [0, 0.05) is 12.6 Å². The first-order chi connectivity index (χ1) is 6.72. The van der Waals surface area contributed by atoms with Gasteiger partial charge in [-0.1, -0.05) is 18.2 Å². The zero-order chi connectivity index (χ0) is 10.4. The third-order valence-corrected chi connectivity index (χ3v) is 1.80. The Morgan fingerprint density at radius 1 is 1.50 bits per heavy atom. The van der Waals surface area contributed by atoms with Gasteiger partial charge < -0.3 is 9.64 Å². The van der Waals surface area contributed by atoms with Gasteiger partial charge in [0.1, 0.15) is 5.75 Å². The molecule has 0 aliphatic rings. The molecule has 0 bridgehead atoms. The monoisotopic (exact) mass is 190 g/mol. The fraction of sp³-hybridized carbons (Fsp3) is 0.333. The summed E-state index contributed by atoms with van der Waals surface area (Å²) in [5.41, 5.74) is 1.14. The fourth-order valence-electron chi connectivity index (χ4n) is 1.08. The van der Waals surface area contributed by atoms with Crippen molar-refractivity contribution in [1.29, 1.82) is 0 Å². The van der Waals surface area contributed by atoms with Crippen molar-refractivity contribution in [3.05, 3.63) is 35.9 Å². The van der Waals surface area contributed by atoms with E-state index in [4.69, 9.17) is 4.74 Å². The van der Waals surface area contributed by atoms with E-state index in [0.717, 1.165) is 17.9 Å². The van der Waals surface area contributed by atoms with Crippen LogP contribution in [0.3, 0.4) is 0 Å². The van der Waals surface area contributed by atoms with Crippen LogP contribution in [0.25, 0.3) is 6.08 Å². The zero-order valence-corrected chi connectivity index (χ0v) is 8.95. The second-order valence-electron chi connectivity index (χ2n) is 3.35. The average molecular weight is 190 g/mol. The van der Waals surface area contributed by atoms with Crippen molar-refractivity contribution in [3.63, 3.8) is 0 Å². The maximum atomic E-state index is 5.08. The standard InChI is InChI=1S/C12H16NO/c1-13(2)9-5-7-11-6-4-8-12(10-11)14-3/h4-7,10H,9H2,1-3H3. The third-order valence-electron chi connectivity index (χ3n) is 1.80. The van der Waals surface area contributed by atoms with Crippen LogP contribution < -0.4 is 4.74 Å². The number of hydrogen-bond acceptors (Lipinski definition) is 2. The van der Waals surface area contributed by atoms with E-state index < -0.39 is 0 Å². The summed E-state index contributed by atoms with van der Waals surface area (Å²) in [5.74, 6) is 0.775. The minimum atomic E-state index is 0.775. The van der Waals surface area contributed by atoms with Crippen molar-refractivity contribution in [2.24, 2.45) is 0 Å². The quantitative estimate of drug-likeness (QED) is 0.720. The normalized spacial score (nSPS) is 11.1. The molecule has 0 saturated heterocycles. The first-order valence-electron chi connectivity index (χ1n) is 4.59. The molecule has 2 nitrogen and oxygen atoms in total. The van der Waals surface area contributed by atoms with Gasteiger partial charge in [-0.25, -0.2) is 0 Å². The maximum Gasteiger partial charge on any atom is 0.127 e. The van der Waals surface area contributed by atoms with E-state index >= 15 is 0 Å². The summed E-state index contributed by atoms with van der Waals surface area (Å²) in [7, 11) is 5.74. The Kier molecular flexibility index (Phi) is 4.20. The van der Waals surface area contributed by atoms with Crippen molar-refractivity contribution in [2.45, 2.75) is 0 Å². The number of likely N-dealkylation sites (N-methyl/N-ethyl adjacent to an activating group) is 1. The van der Waals surface area contributed by atoms with E-state index in [-0.39, 0.29) is 0 Å². The highest BCUT2D eigenvalue weighted by molar-refractivity contribution is 5.51. The number of ether oxygens (including phenoxy) is 1. The Morgan fingerprint density at radius 3 is 2.93 bits per heavy atom. The molecule has 0 spiro atoms. The topological polar surface area (TPSA) is 12.5 Å². The minimum absolute atomic E-state index is 0.775. The smallest absolute Gasteiger partial charge is 0.127 e. The van der Waals surface area contributed by atoms with Crippen molar-refractivity contribution in [2.75, 3.05) is 27.7 Å². The van der Waals surface area contributed by atoms with E-state index in [2.05, 4.69) is 23.1 Å². The van der Waals surface area contributed by atoms with Crippen LogP contribution >= 0.6 is 0 Å². The lowest BCUT2D eigenvalue weighted by molar-refractivity contribution is 0.414. The molecule has 0 heterocycles. The van der Waals surface area contributed by atoms with Crippen molar-refractivity contribution in [3.8, 4) is 5.75 Å². The lowest BCUT2D eigenvalue weighted by Gasteiger charge is -2.04. The summed E-state index contributed by atoms with van der Waals surface area (Å²) in [6.07, 6.45) is 4.20. The molecule has 0 aliphatic carbocycles. The molecule has 0 unspecified atom stereocenters. The fourth-order valence-corrected chi connectivity index (χ4v) is 1.08. The van der Waals surface area contributed by atoms with Crippen LogP contribution in [0, 0.1) is 6.07 Å². The van der Waals surface area contributed by atoms with Crippen LogP contribution in [0.2, 0.25) is 0 Å². The highest BCUT2D eigenvalue weighted by Crippen LogP contribution is 2.12. The third kappa shape index (κ3) is 3.62. The molecule has 0 amide bonds. The Hall–Kier alpha value is -1.28. The highest BCUT2D eigenvalue weighted by atomic mass is 16.5. The molecular weight excluding hydrogens is 174 g/mol. The maximum absolute atomic E-state index is 5.08. The summed E-state index contributed by atoms with van der Waals surface area (Å²) in [6, 6.07) is 8.83. The molecule has 1 aromatic rings. The molecule has 0 N–H and O–H groups in total. The molecular formula is C12H16NO. The molecule has 1 radical (unpaired) electrons. The van der Waals surface area contributed by atoms with Crippen molar-refractivity contribution < 1.29 is 4.74 Å². The molecule has 0 aliphatic heterocycles. The summed E-state index contributed by atoms with van der Waals surface area (Å²) in [4.78, 5) is 2.11. The lowest BCUT2D eigenvalue weighted by atomic mass is 10.2. The van der Waals surface area contributed by atoms with E-state index in [1.165, 1.54) is 0 Å². The number of nitrogens with zero attached hydrogens (tertiary/aromatic N) is 1. The Labute approximate surface area is 85.8 Å². The van der Waals surface area contributed by atoms with Gasteiger partial charge in [-0.15, -0.1) is 0 Å². The number of benzene rings is 1. The van der Waals surface area contributed by atoms with Gasteiger partial charge in [0.15, 0.2) is 0 Å². The second kappa shape index (κ2) is 5.45. The van der Waals surface area contributed by atoms with Crippen LogP contribution in [-0.4, -0.2) is 32.6 Å². The van der Waals surface area contributed by atoms with Gasteiger partial charge in [-0.3, -0.25) is 0 Å². The molecule has 0 atom stereocenters. The number of methoxy groups -OCH3 is 1. The largest absolute Gasteiger partial charge is 0.496 e. The van der Waals surface area contributed by atoms with E-state index in [0.29, 0.717) is 0 Å². The summed E-state index contributed by atoms with van der Waals surface area (Å²) in [5, 5.41) is 0. The van der Waals surface area contributed by atoms with Crippen LogP contribution in [-0.2, 0) is 0 Å². The SMILES string of the molecule is COc1[c]ccc(C=CCN(C)C)c1. The number of rotatable bonds is 4. The first kappa shape index (κ1) is 10.8. The van der Waals surface area contributed by atoms with Crippen LogP contribution in [0.4, 0.5) is 0 Å². The Morgan fingerprint density at radius 2 is 2.29 bits per heavy atom. The first-order valence-corrected chi connectivity index (χ1v) is 4.59. The van der Waals surface area contributed by atoms with E-state index in [1.807, 2.05) is 32.3 Å². The van der Waals surface area contributed by atoms with E-state index in [1.54, 1.807) is 7.11 Å². The van der Waals surface area contributed by atoms with Gasteiger partial charge in [0.05, 0.1) is 7.11 Å². The lowest BCUT2D eigenvalue weighted by Crippen LogP contribution is -2.10. The second-order valence-corrected chi connectivity index (χ2v) is 3.35. The molecule has 2 heteroatoms. The highest BCUT2D eigenvalue weighted by Gasteiger charge is 1.91. The molecule has 75 valence electrons. The van der Waals surface area contributed by atoms with Gasteiger partial charge in [-0.05, 0) is 31.8 Å². The average Bonchev–Trinajstić information content (AvgIpc) is 2.18. The Bertz CT molecular complexity index is 305. The van der Waals surface area contributed by atoms with Crippen molar-refractivity contribution >= 4 is 6.08 Å². The molecule has 1 aromatic carbocycles. The summed E-state index contributed by atoms with van der Waals surface area (Å²) < 4.78 is 5.08. The summed E-state index contributed by atoms with van der Waals surface area (Å²) >= 11 is 0. The van der Waals surface area contributed by atoms with Gasteiger partial charge in [0.25, 0.3) is 0 Å². The van der Waals surface area contributed by atoms with Gasteiger partial charge in [0.2, 0.25) is 0 Å². The van der Waals surface area contributed by atoms with Crippen LogP contribution in [0.1, 0.15) is 5.56 Å². The van der Waals surface area contributed by atoms with Crippen molar-refractivity contribution in [1.82, 2.24) is 4.90 Å². The zero-order valence-electron chi connectivity index (χ0n) is 8.95. The predicted molar refractivity (Wildman–Crippen MR) is 59.4 cm³/mol. The molecule has 0 aromatic heterocycles. The van der Waals surface area contributed by atoms with Crippen LogP contribution in [0.15, 0.2) is 24.3 Å². The van der Waals surface area contributed by atoms with Gasteiger partial charge in [-0.2, -0.15) is 0 Å². The molecule has 0 fully saturated rings. The molecule has 0 saturated carbocycles. The van der Waals surface area contributed by atoms with E-state index in [9.17, 15) is 0 Å². The van der Waals surface area contributed by atoms with Gasteiger partial charge >= 0.3 is 0 Å². The predicted octanol–water partition coefficient (Wildman–Crippen LogP) is 2.07. The van der Waals surface area contributed by atoms with Crippen LogP contribution in [0.5, 0.6) is 5.75 Å². The Balaban J connectivity index is 2.62. The number of hydrogen-bond donors (Lipinski definition) is 0. The molecule has 14 heavy (non-hydrogen) atoms. The molecule has 1 rings (SSSR count).